The van der Waals surface area contributed by atoms with Crippen LogP contribution in [0.25, 0.3) is 0 Å². The van der Waals surface area contributed by atoms with Gasteiger partial charge < -0.3 is 10.0 Å². The van der Waals surface area contributed by atoms with Gasteiger partial charge in [-0.05, 0) is 6.92 Å². The second-order valence-electron chi connectivity index (χ2n) is 4.11. The number of rotatable bonds is 4. The maximum absolute atomic E-state index is 12.1. The summed E-state index contributed by atoms with van der Waals surface area (Å²) in [6, 6.07) is 0. The lowest BCUT2D eigenvalue weighted by Gasteiger charge is -2.15. The summed E-state index contributed by atoms with van der Waals surface area (Å²) < 4.78 is 0. The summed E-state index contributed by atoms with van der Waals surface area (Å²) in [4.78, 5) is 36.9. The quantitative estimate of drug-likeness (QED) is 0.910. The number of carbonyl (C=O) groups is 2. The van der Waals surface area contributed by atoms with Gasteiger partial charge in [0.25, 0.3) is 5.91 Å². The first-order valence-corrected chi connectivity index (χ1v) is 6.56. The highest BCUT2D eigenvalue weighted by Crippen LogP contribution is 2.15. The maximum atomic E-state index is 12.1. The molecule has 2 aromatic heterocycles. The van der Waals surface area contributed by atoms with E-state index in [0.717, 1.165) is 16.8 Å². The minimum Gasteiger partial charge on any atom is -0.476 e. The molecule has 0 aliphatic carbocycles. The molecule has 0 aliphatic rings. The van der Waals surface area contributed by atoms with Gasteiger partial charge in [0.1, 0.15) is 5.69 Å². The van der Waals surface area contributed by atoms with Crippen molar-refractivity contribution in [3.05, 3.63) is 39.9 Å². The second-order valence-corrected chi connectivity index (χ2v) is 5.05. The number of amides is 1. The van der Waals surface area contributed by atoms with Crippen LogP contribution in [0, 0.1) is 6.92 Å². The molecule has 1 N–H and O–H groups in total. The van der Waals surface area contributed by atoms with Gasteiger partial charge in [0.2, 0.25) is 0 Å². The van der Waals surface area contributed by atoms with E-state index < -0.39 is 5.97 Å². The molecule has 2 aromatic rings. The molecule has 0 saturated heterocycles. The Balaban J connectivity index is 2.10. The van der Waals surface area contributed by atoms with Crippen LogP contribution in [0.15, 0.2) is 17.9 Å². The monoisotopic (exact) mass is 292 g/mol. The molecule has 2 rings (SSSR count). The van der Waals surface area contributed by atoms with Crippen molar-refractivity contribution in [1.29, 1.82) is 0 Å². The van der Waals surface area contributed by atoms with Crippen molar-refractivity contribution in [2.75, 3.05) is 7.05 Å². The number of aryl methyl sites for hydroxylation is 1. The number of carbonyl (C=O) groups excluding carboxylic acids is 1. The Kier molecular flexibility index (Phi) is 4.04. The number of hydrogen-bond donors (Lipinski definition) is 1. The average molecular weight is 292 g/mol. The summed E-state index contributed by atoms with van der Waals surface area (Å²) in [6.07, 6.45) is 2.24. The Morgan fingerprint density at radius 2 is 1.90 bits per heavy atom. The van der Waals surface area contributed by atoms with Gasteiger partial charge in [0.15, 0.2) is 5.69 Å². The van der Waals surface area contributed by atoms with E-state index in [4.69, 9.17) is 5.11 Å². The van der Waals surface area contributed by atoms with E-state index in [1.54, 1.807) is 12.6 Å². The number of carboxylic acid groups (broad SMARTS) is 1. The largest absolute Gasteiger partial charge is 0.476 e. The fraction of sp³-hybridized carbons (Fsp3) is 0.250. The van der Waals surface area contributed by atoms with Crippen molar-refractivity contribution >= 4 is 23.2 Å². The molecule has 7 nitrogen and oxygen atoms in total. The van der Waals surface area contributed by atoms with Gasteiger partial charge in [0.05, 0.1) is 30.1 Å². The Morgan fingerprint density at radius 3 is 2.40 bits per heavy atom. The summed E-state index contributed by atoms with van der Waals surface area (Å²) in [7, 11) is 1.65. The number of hydrogen-bond acceptors (Lipinski definition) is 6. The molecule has 8 heteroatoms. The minimum absolute atomic E-state index is 0.111. The zero-order valence-corrected chi connectivity index (χ0v) is 11.7. The highest BCUT2D eigenvalue weighted by atomic mass is 32.1. The molecule has 0 saturated carbocycles. The maximum Gasteiger partial charge on any atom is 0.356 e. The topological polar surface area (TPSA) is 96.3 Å². The third-order valence-electron chi connectivity index (χ3n) is 2.66. The number of thiazole rings is 1. The predicted molar refractivity (Wildman–Crippen MR) is 71.6 cm³/mol. The molecule has 0 bridgehead atoms. The van der Waals surface area contributed by atoms with Gasteiger partial charge in [0, 0.05) is 11.9 Å². The number of carboxylic acids is 1. The molecule has 0 unspecified atom stereocenters. The first-order chi connectivity index (χ1) is 9.49. The summed E-state index contributed by atoms with van der Waals surface area (Å²) in [6.45, 7) is 2.31. The van der Waals surface area contributed by atoms with Crippen molar-refractivity contribution in [2.24, 2.45) is 0 Å². The van der Waals surface area contributed by atoms with Crippen LogP contribution in [-0.2, 0) is 6.54 Å². The van der Waals surface area contributed by atoms with Crippen molar-refractivity contribution in [3.8, 4) is 0 Å². The molecule has 0 radical (unpaired) electrons. The number of aromatic carboxylic acids is 1. The molecule has 0 aliphatic heterocycles. The van der Waals surface area contributed by atoms with Crippen LogP contribution < -0.4 is 0 Å². The highest BCUT2D eigenvalue weighted by molar-refractivity contribution is 7.09. The Bertz CT molecular complexity index is 638. The van der Waals surface area contributed by atoms with E-state index in [9.17, 15) is 9.59 Å². The van der Waals surface area contributed by atoms with E-state index >= 15 is 0 Å². The molecule has 0 spiro atoms. The summed E-state index contributed by atoms with van der Waals surface area (Å²) in [5, 5.41) is 8.72. The molecule has 1 amide bonds. The highest BCUT2D eigenvalue weighted by Gasteiger charge is 2.16. The van der Waals surface area contributed by atoms with E-state index in [2.05, 4.69) is 15.0 Å². The Morgan fingerprint density at radius 1 is 1.25 bits per heavy atom. The van der Waals surface area contributed by atoms with Crippen LogP contribution >= 0.6 is 11.3 Å². The van der Waals surface area contributed by atoms with E-state index in [-0.39, 0.29) is 17.3 Å². The van der Waals surface area contributed by atoms with Crippen LogP contribution in [0.2, 0.25) is 0 Å². The van der Waals surface area contributed by atoms with Crippen molar-refractivity contribution in [1.82, 2.24) is 19.9 Å². The van der Waals surface area contributed by atoms with Gasteiger partial charge in [-0.1, -0.05) is 0 Å². The van der Waals surface area contributed by atoms with Crippen LogP contribution in [0.1, 0.15) is 31.5 Å². The first-order valence-electron chi connectivity index (χ1n) is 5.69. The molecular formula is C12H12N4O3S. The zero-order chi connectivity index (χ0) is 14.7. The lowest BCUT2D eigenvalue weighted by Crippen LogP contribution is -2.27. The van der Waals surface area contributed by atoms with Crippen molar-refractivity contribution in [2.45, 2.75) is 13.5 Å². The van der Waals surface area contributed by atoms with E-state index in [1.165, 1.54) is 22.4 Å². The Hall–Kier alpha value is -2.35. The summed E-state index contributed by atoms with van der Waals surface area (Å²) >= 11 is 1.48. The number of nitrogens with zero attached hydrogens (tertiary/aromatic N) is 4. The zero-order valence-electron chi connectivity index (χ0n) is 10.9. The van der Waals surface area contributed by atoms with Crippen LogP contribution in [0.5, 0.6) is 0 Å². The van der Waals surface area contributed by atoms with Gasteiger partial charge >= 0.3 is 5.97 Å². The van der Waals surface area contributed by atoms with Crippen molar-refractivity contribution < 1.29 is 14.7 Å². The standard InChI is InChI=1S/C12H12N4O3S/c1-7-10(20-6-15-7)5-16(2)11(17)8-3-14-9(4-13-8)12(18)19/h3-4,6H,5H2,1-2H3,(H,18,19). The van der Waals surface area contributed by atoms with Gasteiger partial charge in [-0.15, -0.1) is 11.3 Å². The lowest BCUT2D eigenvalue weighted by atomic mass is 10.3. The average Bonchev–Trinajstić information content (AvgIpc) is 2.83. The van der Waals surface area contributed by atoms with Crippen LogP contribution in [-0.4, -0.2) is 43.9 Å². The normalized spacial score (nSPS) is 10.3. The van der Waals surface area contributed by atoms with E-state index in [0.29, 0.717) is 6.54 Å². The lowest BCUT2D eigenvalue weighted by molar-refractivity contribution is 0.0687. The molecule has 20 heavy (non-hydrogen) atoms. The van der Waals surface area contributed by atoms with Crippen molar-refractivity contribution in [3.63, 3.8) is 0 Å². The first kappa shape index (κ1) is 14.1. The third kappa shape index (κ3) is 2.97. The van der Waals surface area contributed by atoms with Crippen LogP contribution in [0.4, 0.5) is 0 Å². The Labute approximate surface area is 118 Å². The molecule has 2 heterocycles. The fourth-order valence-electron chi connectivity index (χ4n) is 1.51. The van der Waals surface area contributed by atoms with Gasteiger partial charge in [-0.3, -0.25) is 4.79 Å². The third-order valence-corrected chi connectivity index (χ3v) is 3.58. The van der Waals surface area contributed by atoms with Gasteiger partial charge in [-0.25, -0.2) is 19.7 Å². The second kappa shape index (κ2) is 5.74. The molecule has 104 valence electrons. The van der Waals surface area contributed by atoms with Gasteiger partial charge in [-0.2, -0.15) is 0 Å². The number of aromatic nitrogens is 3. The predicted octanol–water partition coefficient (Wildman–Crippen LogP) is 1.21. The fourth-order valence-corrected chi connectivity index (χ4v) is 2.34. The summed E-state index contributed by atoms with van der Waals surface area (Å²) in [5.41, 5.74) is 2.54. The minimum atomic E-state index is -1.18. The van der Waals surface area contributed by atoms with Crippen LogP contribution in [0.3, 0.4) is 0 Å². The summed E-state index contributed by atoms with van der Waals surface area (Å²) in [5.74, 6) is -1.49. The molecule has 0 fully saturated rings. The SMILES string of the molecule is Cc1ncsc1CN(C)C(=O)c1cnc(C(=O)O)cn1. The molecule has 0 atom stereocenters. The molecule has 0 aromatic carbocycles. The smallest absolute Gasteiger partial charge is 0.356 e. The molecular weight excluding hydrogens is 280 g/mol. The van der Waals surface area contributed by atoms with E-state index in [1.807, 2.05) is 6.92 Å².